The second-order valence-corrected chi connectivity index (χ2v) is 8.58. The van der Waals surface area contributed by atoms with Crippen molar-refractivity contribution >= 4 is 39.5 Å². The Morgan fingerprint density at radius 3 is 2.53 bits per heavy atom. The van der Waals surface area contributed by atoms with Gasteiger partial charge in [-0.25, -0.2) is 9.78 Å². The summed E-state index contributed by atoms with van der Waals surface area (Å²) in [5, 5.41) is 5.83. The first kappa shape index (κ1) is 20.1. The second-order valence-electron chi connectivity index (χ2n) is 8.58. The summed E-state index contributed by atoms with van der Waals surface area (Å²) >= 11 is 0. The first-order chi connectivity index (χ1) is 14.3. The number of oxazole rings is 1. The van der Waals surface area contributed by atoms with Gasteiger partial charge in [0.2, 0.25) is 5.71 Å². The number of carbonyl (C=O) groups is 2. The van der Waals surface area contributed by atoms with Crippen molar-refractivity contribution in [3.8, 4) is 0 Å². The molecule has 0 radical (unpaired) electrons. The molecule has 1 saturated heterocycles. The van der Waals surface area contributed by atoms with E-state index in [0.717, 1.165) is 30.0 Å². The lowest BCUT2D eigenvalue weighted by Gasteiger charge is -2.24. The predicted molar refractivity (Wildman–Crippen MR) is 114 cm³/mol. The van der Waals surface area contributed by atoms with Gasteiger partial charge >= 0.3 is 6.09 Å². The van der Waals surface area contributed by atoms with Crippen LogP contribution >= 0.6 is 0 Å². The van der Waals surface area contributed by atoms with E-state index in [-0.39, 0.29) is 17.4 Å². The number of hydrogen-bond acceptors (Lipinski definition) is 6. The summed E-state index contributed by atoms with van der Waals surface area (Å²) in [7, 11) is 0. The van der Waals surface area contributed by atoms with Crippen LogP contribution in [0.1, 0.15) is 45.9 Å². The standard InChI is InChI=1S/C23H25N3O4/c1-23(2,3)20(27)18(25-30-22(28)26-13-7-4-8-14-26)21-24-17-12-11-15-9-5-6-10-16(15)19(17)29-21/h5-6,9-12H,4,7-8,13-14H2,1-3H3/b25-18+. The van der Waals surface area contributed by atoms with E-state index in [2.05, 4.69) is 10.1 Å². The molecule has 0 saturated carbocycles. The minimum absolute atomic E-state index is 0.0488. The number of ketones is 1. The van der Waals surface area contributed by atoms with E-state index >= 15 is 0 Å². The molecule has 3 aromatic rings. The summed E-state index contributed by atoms with van der Waals surface area (Å²) in [5.41, 5.74) is 0.340. The van der Waals surface area contributed by atoms with Gasteiger partial charge in [-0.1, -0.05) is 56.3 Å². The molecule has 156 valence electrons. The number of rotatable bonds is 3. The zero-order valence-electron chi connectivity index (χ0n) is 17.5. The van der Waals surface area contributed by atoms with Gasteiger partial charge in [-0.15, -0.1) is 0 Å². The van der Waals surface area contributed by atoms with Crippen LogP contribution in [-0.4, -0.2) is 40.6 Å². The Labute approximate surface area is 174 Å². The molecule has 1 fully saturated rings. The Bertz CT molecular complexity index is 1130. The molecular weight excluding hydrogens is 382 g/mol. The number of benzene rings is 2. The first-order valence-electron chi connectivity index (χ1n) is 10.2. The highest BCUT2D eigenvalue weighted by Crippen LogP contribution is 2.27. The number of Topliss-reactive ketones (excluding diaryl/α,β-unsaturated/α-hetero) is 1. The molecule has 0 bridgehead atoms. The Morgan fingerprint density at radius 1 is 1.07 bits per heavy atom. The lowest BCUT2D eigenvalue weighted by Crippen LogP contribution is -2.36. The Hall–Kier alpha value is -3.22. The van der Waals surface area contributed by atoms with Crippen molar-refractivity contribution < 1.29 is 18.8 Å². The predicted octanol–water partition coefficient (Wildman–Crippen LogP) is 4.92. The SMILES string of the molecule is CC(C)(C)C(=O)/C(=N\OC(=O)N1CCCCC1)c1nc2ccc3ccccc3c2o1. The van der Waals surface area contributed by atoms with Gasteiger partial charge in [0.25, 0.3) is 5.89 Å². The number of likely N-dealkylation sites (tertiary alicyclic amines) is 1. The highest BCUT2D eigenvalue weighted by Gasteiger charge is 2.32. The molecular formula is C23H25N3O4. The van der Waals surface area contributed by atoms with Crippen LogP contribution in [0.4, 0.5) is 4.79 Å². The molecule has 30 heavy (non-hydrogen) atoms. The molecule has 0 unspecified atom stereocenters. The van der Waals surface area contributed by atoms with E-state index < -0.39 is 11.5 Å². The average molecular weight is 407 g/mol. The number of fused-ring (bicyclic) bond motifs is 3. The summed E-state index contributed by atoms with van der Waals surface area (Å²) in [4.78, 5) is 36.7. The largest absolute Gasteiger partial charge is 0.435 e. The summed E-state index contributed by atoms with van der Waals surface area (Å²) < 4.78 is 5.97. The summed E-state index contributed by atoms with van der Waals surface area (Å²) in [6.07, 6.45) is 2.41. The maximum atomic E-state index is 13.1. The molecule has 2 heterocycles. The van der Waals surface area contributed by atoms with Crippen molar-refractivity contribution in [3.63, 3.8) is 0 Å². The van der Waals surface area contributed by atoms with E-state index in [1.807, 2.05) is 36.4 Å². The van der Waals surface area contributed by atoms with Gasteiger partial charge in [0.15, 0.2) is 11.4 Å². The van der Waals surface area contributed by atoms with E-state index in [4.69, 9.17) is 9.25 Å². The number of piperidine rings is 1. The Kier molecular flexibility index (Phi) is 5.28. The molecule has 7 nitrogen and oxygen atoms in total. The van der Waals surface area contributed by atoms with Gasteiger partial charge in [-0.2, -0.15) is 0 Å². The fraction of sp³-hybridized carbons (Fsp3) is 0.391. The van der Waals surface area contributed by atoms with Gasteiger partial charge < -0.3 is 9.32 Å². The zero-order chi connectivity index (χ0) is 21.3. The fourth-order valence-electron chi connectivity index (χ4n) is 3.51. The normalized spacial score (nSPS) is 15.6. The smallest absolute Gasteiger partial charge is 0.434 e. The minimum Gasteiger partial charge on any atom is -0.434 e. The second kappa shape index (κ2) is 7.89. The molecule has 1 aromatic heterocycles. The molecule has 1 aliphatic heterocycles. The van der Waals surface area contributed by atoms with Crippen molar-refractivity contribution in [2.45, 2.75) is 40.0 Å². The molecule has 7 heteroatoms. The van der Waals surface area contributed by atoms with Gasteiger partial charge in [0, 0.05) is 23.9 Å². The third kappa shape index (κ3) is 3.92. The number of nitrogens with zero attached hydrogens (tertiary/aromatic N) is 3. The quantitative estimate of drug-likeness (QED) is 0.349. The van der Waals surface area contributed by atoms with Crippen molar-refractivity contribution in [1.82, 2.24) is 9.88 Å². The number of carbonyl (C=O) groups excluding carboxylic acids is 2. The van der Waals surface area contributed by atoms with Crippen molar-refractivity contribution in [1.29, 1.82) is 0 Å². The average Bonchev–Trinajstić information content (AvgIpc) is 3.18. The molecule has 1 amide bonds. The van der Waals surface area contributed by atoms with Crippen LogP contribution in [0.5, 0.6) is 0 Å². The van der Waals surface area contributed by atoms with Crippen molar-refractivity contribution in [2.24, 2.45) is 10.6 Å². The summed E-state index contributed by atoms with van der Waals surface area (Å²) in [6, 6.07) is 11.6. The third-order valence-corrected chi connectivity index (χ3v) is 5.21. The fourth-order valence-corrected chi connectivity index (χ4v) is 3.51. The van der Waals surface area contributed by atoms with Crippen LogP contribution < -0.4 is 0 Å². The van der Waals surface area contributed by atoms with Crippen LogP contribution in [-0.2, 0) is 9.63 Å². The summed E-state index contributed by atoms with van der Waals surface area (Å²) in [6.45, 7) is 6.58. The number of oxime groups is 1. The van der Waals surface area contributed by atoms with Gasteiger partial charge in [0.1, 0.15) is 5.52 Å². The van der Waals surface area contributed by atoms with Crippen molar-refractivity contribution in [3.05, 3.63) is 42.3 Å². The summed E-state index contributed by atoms with van der Waals surface area (Å²) in [5.74, 6) is -0.266. The lowest BCUT2D eigenvalue weighted by atomic mass is 9.88. The van der Waals surface area contributed by atoms with Gasteiger partial charge in [0.05, 0.1) is 0 Å². The zero-order valence-corrected chi connectivity index (χ0v) is 17.5. The van der Waals surface area contributed by atoms with Crippen LogP contribution in [0.15, 0.2) is 46.0 Å². The highest BCUT2D eigenvalue weighted by atomic mass is 16.7. The molecule has 0 aliphatic carbocycles. The molecule has 0 atom stereocenters. The highest BCUT2D eigenvalue weighted by molar-refractivity contribution is 6.46. The molecule has 2 aromatic carbocycles. The molecule has 1 aliphatic rings. The number of amides is 1. The van der Waals surface area contributed by atoms with E-state index in [1.54, 1.807) is 25.7 Å². The lowest BCUT2D eigenvalue weighted by molar-refractivity contribution is -0.119. The van der Waals surface area contributed by atoms with Crippen molar-refractivity contribution in [2.75, 3.05) is 13.1 Å². The first-order valence-corrected chi connectivity index (χ1v) is 10.2. The van der Waals surface area contributed by atoms with E-state index in [0.29, 0.717) is 24.2 Å². The number of hydrogen-bond donors (Lipinski definition) is 0. The van der Waals surface area contributed by atoms with Crippen LogP contribution in [0.2, 0.25) is 0 Å². The topological polar surface area (TPSA) is 85.0 Å². The monoisotopic (exact) mass is 407 g/mol. The molecule has 0 spiro atoms. The van der Waals surface area contributed by atoms with Crippen LogP contribution in [0, 0.1) is 5.41 Å². The van der Waals surface area contributed by atoms with Gasteiger partial charge in [-0.05, 0) is 30.7 Å². The Balaban J connectivity index is 1.73. The minimum atomic E-state index is -0.751. The van der Waals surface area contributed by atoms with Crippen LogP contribution in [0.25, 0.3) is 21.9 Å². The van der Waals surface area contributed by atoms with E-state index in [9.17, 15) is 9.59 Å². The number of aromatic nitrogens is 1. The maximum absolute atomic E-state index is 13.1. The van der Waals surface area contributed by atoms with Gasteiger partial charge in [-0.3, -0.25) is 9.63 Å². The molecule has 4 rings (SSSR count). The Morgan fingerprint density at radius 2 is 1.80 bits per heavy atom. The molecule has 0 N–H and O–H groups in total. The van der Waals surface area contributed by atoms with Crippen LogP contribution in [0.3, 0.4) is 0 Å². The third-order valence-electron chi connectivity index (χ3n) is 5.21. The maximum Gasteiger partial charge on any atom is 0.435 e. The van der Waals surface area contributed by atoms with E-state index in [1.165, 1.54) is 0 Å².